The molecule has 0 saturated heterocycles. The largest absolute Gasteiger partial charge is 0.485 e. The standard InChI is InChI=1S/C12H13BrO/c1-9-6-7-10(8-9)14-12-5-3-2-4-11(12)13/h2-7,9-10H,8H2,1H3. The summed E-state index contributed by atoms with van der Waals surface area (Å²) in [6.07, 6.45) is 5.68. The molecule has 0 aromatic heterocycles. The predicted molar refractivity (Wildman–Crippen MR) is 61.5 cm³/mol. The van der Waals surface area contributed by atoms with Crippen molar-refractivity contribution in [3.05, 3.63) is 40.9 Å². The fourth-order valence-corrected chi connectivity index (χ4v) is 2.01. The van der Waals surface area contributed by atoms with Crippen LogP contribution in [0.15, 0.2) is 40.9 Å². The van der Waals surface area contributed by atoms with Crippen LogP contribution in [-0.4, -0.2) is 6.10 Å². The van der Waals surface area contributed by atoms with E-state index >= 15 is 0 Å². The Morgan fingerprint density at radius 1 is 1.29 bits per heavy atom. The molecule has 0 aliphatic heterocycles. The Hall–Kier alpha value is -0.760. The van der Waals surface area contributed by atoms with Crippen molar-refractivity contribution in [1.29, 1.82) is 0 Å². The van der Waals surface area contributed by atoms with Gasteiger partial charge in [0.15, 0.2) is 0 Å². The van der Waals surface area contributed by atoms with Crippen molar-refractivity contribution in [3.8, 4) is 5.75 Å². The van der Waals surface area contributed by atoms with Crippen LogP contribution in [0.4, 0.5) is 0 Å². The second-order valence-electron chi connectivity index (χ2n) is 3.68. The van der Waals surface area contributed by atoms with Gasteiger partial charge in [0.05, 0.1) is 4.47 Å². The summed E-state index contributed by atoms with van der Waals surface area (Å²) < 4.78 is 6.86. The summed E-state index contributed by atoms with van der Waals surface area (Å²) in [5, 5.41) is 0. The van der Waals surface area contributed by atoms with E-state index in [9.17, 15) is 0 Å². The van der Waals surface area contributed by atoms with Crippen LogP contribution in [0.2, 0.25) is 0 Å². The van der Waals surface area contributed by atoms with E-state index in [1.54, 1.807) is 0 Å². The molecule has 0 bridgehead atoms. The average molecular weight is 253 g/mol. The molecule has 2 unspecified atom stereocenters. The van der Waals surface area contributed by atoms with Gasteiger partial charge in [-0.25, -0.2) is 0 Å². The van der Waals surface area contributed by atoms with Crippen LogP contribution in [0.3, 0.4) is 0 Å². The van der Waals surface area contributed by atoms with Crippen LogP contribution < -0.4 is 4.74 Å². The number of allylic oxidation sites excluding steroid dienone is 1. The molecule has 1 aromatic rings. The zero-order chi connectivity index (χ0) is 9.97. The van der Waals surface area contributed by atoms with Gasteiger partial charge in [0.25, 0.3) is 0 Å². The van der Waals surface area contributed by atoms with E-state index in [-0.39, 0.29) is 6.10 Å². The Balaban J connectivity index is 2.05. The maximum atomic E-state index is 5.84. The molecule has 0 fully saturated rings. The van der Waals surface area contributed by atoms with Gasteiger partial charge in [-0.05, 0) is 46.5 Å². The lowest BCUT2D eigenvalue weighted by Gasteiger charge is -2.13. The van der Waals surface area contributed by atoms with E-state index in [0.29, 0.717) is 5.92 Å². The van der Waals surface area contributed by atoms with E-state index in [1.807, 2.05) is 24.3 Å². The fourth-order valence-electron chi connectivity index (χ4n) is 1.63. The van der Waals surface area contributed by atoms with Gasteiger partial charge in [0.2, 0.25) is 0 Å². The van der Waals surface area contributed by atoms with Crippen LogP contribution in [0, 0.1) is 5.92 Å². The second kappa shape index (κ2) is 4.18. The van der Waals surface area contributed by atoms with Gasteiger partial charge in [0.1, 0.15) is 11.9 Å². The Labute approximate surface area is 92.9 Å². The maximum Gasteiger partial charge on any atom is 0.134 e. The van der Waals surface area contributed by atoms with Crippen molar-refractivity contribution >= 4 is 15.9 Å². The quantitative estimate of drug-likeness (QED) is 0.728. The molecule has 74 valence electrons. The summed E-state index contributed by atoms with van der Waals surface area (Å²) in [6, 6.07) is 7.96. The lowest BCUT2D eigenvalue weighted by molar-refractivity contribution is 0.236. The van der Waals surface area contributed by atoms with E-state index in [1.165, 1.54) is 0 Å². The second-order valence-corrected chi connectivity index (χ2v) is 4.54. The van der Waals surface area contributed by atoms with E-state index in [0.717, 1.165) is 16.6 Å². The first-order valence-electron chi connectivity index (χ1n) is 4.85. The maximum absolute atomic E-state index is 5.84. The molecule has 0 saturated carbocycles. The predicted octanol–water partition coefficient (Wildman–Crippen LogP) is 3.79. The topological polar surface area (TPSA) is 9.23 Å². The molecule has 1 aromatic carbocycles. The van der Waals surface area contributed by atoms with Gasteiger partial charge in [-0.15, -0.1) is 0 Å². The van der Waals surface area contributed by atoms with Crippen molar-refractivity contribution in [2.45, 2.75) is 19.4 Å². The van der Waals surface area contributed by atoms with Crippen molar-refractivity contribution in [2.24, 2.45) is 5.92 Å². The van der Waals surface area contributed by atoms with Gasteiger partial charge in [0, 0.05) is 0 Å². The lowest BCUT2D eigenvalue weighted by atomic mass is 10.1. The van der Waals surface area contributed by atoms with Crippen molar-refractivity contribution in [2.75, 3.05) is 0 Å². The van der Waals surface area contributed by atoms with Crippen LogP contribution >= 0.6 is 15.9 Å². The molecule has 0 N–H and O–H groups in total. The van der Waals surface area contributed by atoms with Crippen molar-refractivity contribution in [3.63, 3.8) is 0 Å². The Bertz CT molecular complexity index is 346. The highest BCUT2D eigenvalue weighted by Crippen LogP contribution is 2.28. The molecule has 0 heterocycles. The van der Waals surface area contributed by atoms with Gasteiger partial charge in [-0.2, -0.15) is 0 Å². The average Bonchev–Trinajstić information content (AvgIpc) is 2.56. The smallest absolute Gasteiger partial charge is 0.134 e. The van der Waals surface area contributed by atoms with Gasteiger partial charge < -0.3 is 4.74 Å². The molecule has 2 heteroatoms. The third-order valence-corrected chi connectivity index (χ3v) is 3.03. The molecule has 2 atom stereocenters. The van der Waals surface area contributed by atoms with Crippen molar-refractivity contribution < 1.29 is 4.74 Å². The third-order valence-electron chi connectivity index (χ3n) is 2.37. The Kier molecular flexibility index (Phi) is 2.92. The zero-order valence-corrected chi connectivity index (χ0v) is 9.70. The van der Waals surface area contributed by atoms with Gasteiger partial charge >= 0.3 is 0 Å². The molecule has 2 rings (SSSR count). The molecule has 1 aliphatic carbocycles. The van der Waals surface area contributed by atoms with E-state index in [4.69, 9.17) is 4.74 Å². The van der Waals surface area contributed by atoms with E-state index in [2.05, 4.69) is 35.0 Å². The lowest BCUT2D eigenvalue weighted by Crippen LogP contribution is -2.11. The Morgan fingerprint density at radius 2 is 2.07 bits per heavy atom. The molecule has 0 spiro atoms. The monoisotopic (exact) mass is 252 g/mol. The number of rotatable bonds is 2. The van der Waals surface area contributed by atoms with Gasteiger partial charge in [-0.3, -0.25) is 0 Å². The minimum absolute atomic E-state index is 0.240. The molecule has 14 heavy (non-hydrogen) atoms. The SMILES string of the molecule is CC1C=CC(Oc2ccccc2Br)C1. The summed E-state index contributed by atoms with van der Waals surface area (Å²) in [5.41, 5.74) is 0. The Morgan fingerprint density at radius 3 is 2.71 bits per heavy atom. The van der Waals surface area contributed by atoms with Crippen LogP contribution in [0.5, 0.6) is 5.75 Å². The molecule has 1 nitrogen and oxygen atoms in total. The number of para-hydroxylation sites is 1. The number of hydrogen-bond acceptors (Lipinski definition) is 1. The summed E-state index contributed by atoms with van der Waals surface area (Å²) in [5.74, 6) is 1.57. The van der Waals surface area contributed by atoms with Crippen LogP contribution in [0.25, 0.3) is 0 Å². The fraction of sp³-hybridized carbons (Fsp3) is 0.333. The minimum Gasteiger partial charge on any atom is -0.485 e. The third kappa shape index (κ3) is 2.18. The van der Waals surface area contributed by atoms with E-state index < -0.39 is 0 Å². The number of ether oxygens (including phenoxy) is 1. The first-order chi connectivity index (χ1) is 6.75. The number of benzene rings is 1. The number of hydrogen-bond donors (Lipinski definition) is 0. The van der Waals surface area contributed by atoms with Gasteiger partial charge in [-0.1, -0.05) is 25.1 Å². The summed E-state index contributed by atoms with van der Waals surface area (Å²) >= 11 is 3.47. The van der Waals surface area contributed by atoms with Crippen LogP contribution in [-0.2, 0) is 0 Å². The first-order valence-corrected chi connectivity index (χ1v) is 5.64. The number of halogens is 1. The summed E-state index contributed by atoms with van der Waals surface area (Å²) in [4.78, 5) is 0. The molecule has 0 radical (unpaired) electrons. The normalized spacial score (nSPS) is 25.3. The van der Waals surface area contributed by atoms with Crippen molar-refractivity contribution in [1.82, 2.24) is 0 Å². The molecular formula is C12H13BrO. The molecule has 0 amide bonds. The summed E-state index contributed by atoms with van der Waals surface area (Å²) in [6.45, 7) is 2.21. The zero-order valence-electron chi connectivity index (χ0n) is 8.11. The summed E-state index contributed by atoms with van der Waals surface area (Å²) in [7, 11) is 0. The highest BCUT2D eigenvalue weighted by Gasteiger charge is 2.17. The highest BCUT2D eigenvalue weighted by atomic mass is 79.9. The molecule has 1 aliphatic rings. The minimum atomic E-state index is 0.240. The van der Waals surface area contributed by atoms with Crippen LogP contribution in [0.1, 0.15) is 13.3 Å². The highest BCUT2D eigenvalue weighted by molar-refractivity contribution is 9.10. The molecular weight excluding hydrogens is 240 g/mol. The first kappa shape index (κ1) is 9.78.